The van der Waals surface area contributed by atoms with Crippen LogP contribution in [-0.4, -0.2) is 15.0 Å². The van der Waals surface area contributed by atoms with Gasteiger partial charge in [0.25, 0.3) is 5.56 Å². The van der Waals surface area contributed by atoms with Gasteiger partial charge >= 0.3 is 5.69 Å². The second-order valence-electron chi connectivity index (χ2n) is 8.27. The largest absolute Gasteiger partial charge is 0.343 e. The lowest BCUT2D eigenvalue weighted by molar-refractivity contribution is -0.122. The lowest BCUT2D eigenvalue weighted by Crippen LogP contribution is -2.42. The average Bonchev–Trinajstić information content (AvgIpc) is 3.35. The van der Waals surface area contributed by atoms with E-state index in [4.69, 9.17) is 0 Å². The minimum atomic E-state index is -0.481. The highest BCUT2D eigenvalue weighted by Crippen LogP contribution is 2.27. The Kier molecular flexibility index (Phi) is 6.60. The highest BCUT2D eigenvalue weighted by Gasteiger charge is 2.20. The summed E-state index contributed by atoms with van der Waals surface area (Å²) in [5.74, 6) is 0.123. The van der Waals surface area contributed by atoms with E-state index in [1.807, 2.05) is 29.6 Å². The van der Waals surface area contributed by atoms with Gasteiger partial charge in [-0.15, -0.1) is 11.3 Å². The van der Waals surface area contributed by atoms with Crippen molar-refractivity contribution < 1.29 is 4.79 Å². The summed E-state index contributed by atoms with van der Waals surface area (Å²) in [6, 6.07) is 18.8. The van der Waals surface area contributed by atoms with E-state index in [1.54, 1.807) is 42.5 Å². The van der Waals surface area contributed by atoms with E-state index in [0.717, 1.165) is 15.0 Å². The lowest BCUT2D eigenvalue weighted by Gasteiger charge is -2.20. The molecule has 170 valence electrons. The van der Waals surface area contributed by atoms with Crippen molar-refractivity contribution in [3.05, 3.63) is 103 Å². The number of carbonyl (C=O) groups is 1. The van der Waals surface area contributed by atoms with Gasteiger partial charge in [0.2, 0.25) is 5.91 Å². The molecule has 0 spiro atoms. The van der Waals surface area contributed by atoms with Crippen molar-refractivity contribution in [3.8, 4) is 0 Å². The topological polar surface area (TPSA) is 73.1 Å². The van der Waals surface area contributed by atoms with Gasteiger partial charge in [0.1, 0.15) is 6.54 Å². The number of carbonyl (C=O) groups excluding carboxylic acids is 1. The Balaban J connectivity index is 1.69. The van der Waals surface area contributed by atoms with Gasteiger partial charge in [0, 0.05) is 11.4 Å². The fourth-order valence-electron chi connectivity index (χ4n) is 4.00. The summed E-state index contributed by atoms with van der Waals surface area (Å²) in [4.78, 5) is 39.9. The maximum absolute atomic E-state index is 13.2. The minimum Gasteiger partial charge on any atom is -0.343 e. The summed E-state index contributed by atoms with van der Waals surface area (Å²) >= 11 is 1.57. The Morgan fingerprint density at radius 3 is 2.27 bits per heavy atom. The molecule has 0 saturated carbocycles. The number of fused-ring (bicyclic) bond motifs is 1. The Morgan fingerprint density at radius 2 is 1.64 bits per heavy atom. The highest BCUT2D eigenvalue weighted by atomic mass is 32.1. The number of hydrogen-bond acceptors (Lipinski definition) is 4. The van der Waals surface area contributed by atoms with Crippen LogP contribution in [0, 0.1) is 0 Å². The molecule has 2 aromatic carbocycles. The van der Waals surface area contributed by atoms with Gasteiger partial charge in [-0.1, -0.05) is 56.3 Å². The third-order valence-corrected chi connectivity index (χ3v) is 6.76. The van der Waals surface area contributed by atoms with Gasteiger partial charge in [-0.05, 0) is 47.5 Å². The average molecular weight is 462 g/mol. The maximum atomic E-state index is 13.2. The van der Waals surface area contributed by atoms with Gasteiger partial charge in [0.05, 0.1) is 16.9 Å². The number of benzene rings is 2. The summed E-state index contributed by atoms with van der Waals surface area (Å²) in [6.07, 6.45) is 0. The van der Waals surface area contributed by atoms with Crippen LogP contribution >= 0.6 is 11.3 Å². The fraction of sp³-hybridized carbons (Fsp3) is 0.269. The van der Waals surface area contributed by atoms with E-state index in [-0.39, 0.29) is 30.6 Å². The van der Waals surface area contributed by atoms with Gasteiger partial charge in [-0.3, -0.25) is 18.7 Å². The number of nitrogens with one attached hydrogen (secondary N) is 1. The van der Waals surface area contributed by atoms with E-state index in [9.17, 15) is 14.4 Å². The second-order valence-corrected chi connectivity index (χ2v) is 9.25. The molecular formula is C26H27N3O3S. The van der Waals surface area contributed by atoms with Crippen molar-refractivity contribution in [2.24, 2.45) is 0 Å². The monoisotopic (exact) mass is 461 g/mol. The van der Waals surface area contributed by atoms with Crippen LogP contribution in [0.5, 0.6) is 0 Å². The molecule has 0 bridgehead atoms. The summed E-state index contributed by atoms with van der Waals surface area (Å²) in [7, 11) is 0. The molecule has 0 aliphatic carbocycles. The highest BCUT2D eigenvalue weighted by molar-refractivity contribution is 7.10. The molecule has 0 fully saturated rings. The molecule has 4 aromatic rings. The number of nitrogens with zero attached hydrogens (tertiary/aromatic N) is 2. The molecule has 0 aliphatic heterocycles. The second kappa shape index (κ2) is 9.58. The zero-order chi connectivity index (χ0) is 23.5. The minimum absolute atomic E-state index is 0.175. The Labute approximate surface area is 196 Å². The van der Waals surface area contributed by atoms with Crippen LogP contribution in [0.2, 0.25) is 0 Å². The Morgan fingerprint density at radius 1 is 0.939 bits per heavy atom. The molecule has 0 saturated heterocycles. The molecular weight excluding hydrogens is 434 g/mol. The molecule has 1 unspecified atom stereocenters. The van der Waals surface area contributed by atoms with Crippen LogP contribution in [-0.2, 0) is 17.9 Å². The lowest BCUT2D eigenvalue weighted by atomic mass is 9.98. The normalized spacial score (nSPS) is 12.2. The molecule has 2 aromatic heterocycles. The van der Waals surface area contributed by atoms with Crippen LogP contribution in [0.3, 0.4) is 0 Å². The smallest absolute Gasteiger partial charge is 0.331 e. The quantitative estimate of drug-likeness (QED) is 0.447. The first-order valence-corrected chi connectivity index (χ1v) is 11.9. The zero-order valence-electron chi connectivity index (χ0n) is 18.9. The molecule has 6 nitrogen and oxygen atoms in total. The molecule has 0 radical (unpaired) electrons. The van der Waals surface area contributed by atoms with E-state index in [0.29, 0.717) is 16.8 Å². The standard InChI is InChI=1S/C26H27N3O3S/c1-4-28-25(31)20-8-5-6-9-21(20)29(26(28)32)16-23(30)27-24(22-10-7-15-33-22)19-13-11-18(12-14-19)17(2)3/h5-15,17,24H,4,16H2,1-3H3,(H,27,30). The predicted octanol–water partition coefficient (Wildman–Crippen LogP) is 4.27. The van der Waals surface area contributed by atoms with Gasteiger partial charge in [-0.2, -0.15) is 0 Å². The SMILES string of the molecule is CCn1c(=O)c2ccccc2n(CC(=O)NC(c2ccc(C(C)C)cc2)c2cccs2)c1=O. The Hall–Kier alpha value is -3.45. The maximum Gasteiger partial charge on any atom is 0.331 e. The van der Waals surface area contributed by atoms with Crippen molar-refractivity contribution >= 4 is 28.1 Å². The number of rotatable bonds is 7. The van der Waals surface area contributed by atoms with Crippen molar-refractivity contribution in [3.63, 3.8) is 0 Å². The number of amides is 1. The van der Waals surface area contributed by atoms with Gasteiger partial charge in [0.15, 0.2) is 0 Å². The number of para-hydroxylation sites is 1. The van der Waals surface area contributed by atoms with Crippen LogP contribution in [0.4, 0.5) is 0 Å². The molecule has 2 heterocycles. The van der Waals surface area contributed by atoms with E-state index >= 15 is 0 Å². The third kappa shape index (κ3) is 4.54. The molecule has 1 amide bonds. The predicted molar refractivity (Wildman–Crippen MR) is 133 cm³/mol. The third-order valence-electron chi connectivity index (χ3n) is 5.82. The molecule has 1 N–H and O–H groups in total. The summed E-state index contributed by atoms with van der Waals surface area (Å²) < 4.78 is 2.54. The van der Waals surface area contributed by atoms with Gasteiger partial charge < -0.3 is 5.32 Å². The van der Waals surface area contributed by atoms with Crippen LogP contribution in [0.25, 0.3) is 10.9 Å². The van der Waals surface area contributed by atoms with E-state index in [2.05, 4.69) is 31.3 Å². The first-order valence-electron chi connectivity index (χ1n) is 11.1. The molecule has 7 heteroatoms. The van der Waals surface area contributed by atoms with Crippen LogP contribution in [0.1, 0.15) is 48.7 Å². The summed E-state index contributed by atoms with van der Waals surface area (Å²) in [6.45, 7) is 6.10. The Bertz CT molecular complexity index is 1380. The van der Waals surface area contributed by atoms with E-state index in [1.165, 1.54) is 10.1 Å². The van der Waals surface area contributed by atoms with Crippen LogP contribution < -0.4 is 16.6 Å². The first kappa shape index (κ1) is 22.7. The van der Waals surface area contributed by atoms with E-state index < -0.39 is 5.69 Å². The molecule has 4 rings (SSSR count). The summed E-state index contributed by atoms with van der Waals surface area (Å²) in [5.41, 5.74) is 1.85. The van der Waals surface area contributed by atoms with Crippen molar-refractivity contribution in [1.29, 1.82) is 0 Å². The number of hydrogen-bond donors (Lipinski definition) is 1. The van der Waals surface area contributed by atoms with Crippen molar-refractivity contribution in [2.45, 2.75) is 45.8 Å². The summed E-state index contributed by atoms with van der Waals surface area (Å²) in [5, 5.41) is 5.50. The van der Waals surface area contributed by atoms with Crippen LogP contribution in [0.15, 0.2) is 75.6 Å². The number of thiophene rings is 1. The van der Waals surface area contributed by atoms with Crippen molar-refractivity contribution in [1.82, 2.24) is 14.5 Å². The first-order chi connectivity index (χ1) is 15.9. The molecule has 33 heavy (non-hydrogen) atoms. The van der Waals surface area contributed by atoms with Gasteiger partial charge in [-0.25, -0.2) is 4.79 Å². The fourth-order valence-corrected chi connectivity index (χ4v) is 4.80. The molecule has 0 aliphatic rings. The zero-order valence-corrected chi connectivity index (χ0v) is 19.8. The number of aromatic nitrogens is 2. The molecule has 1 atom stereocenters. The van der Waals surface area contributed by atoms with Crippen molar-refractivity contribution in [2.75, 3.05) is 0 Å².